The second kappa shape index (κ2) is 6.42. The molecular weight excluding hydrogens is 259 g/mol. The summed E-state index contributed by atoms with van der Waals surface area (Å²) in [5, 5.41) is 5.06. The maximum Gasteiger partial charge on any atom is 0.416 e. The van der Waals surface area contributed by atoms with Crippen molar-refractivity contribution in [1.29, 1.82) is 0 Å². The van der Waals surface area contributed by atoms with Crippen molar-refractivity contribution < 1.29 is 18.0 Å². The molecular formula is C12H16F3N3O. The lowest BCUT2D eigenvalue weighted by molar-refractivity contribution is -0.137. The third-order valence-corrected chi connectivity index (χ3v) is 2.58. The van der Waals surface area contributed by atoms with E-state index in [0.29, 0.717) is 13.0 Å². The van der Waals surface area contributed by atoms with Crippen molar-refractivity contribution >= 4 is 11.7 Å². The summed E-state index contributed by atoms with van der Waals surface area (Å²) in [6.45, 7) is 2.17. The van der Waals surface area contributed by atoms with Gasteiger partial charge < -0.3 is 16.4 Å². The highest BCUT2D eigenvalue weighted by molar-refractivity contribution is 5.89. The zero-order chi connectivity index (χ0) is 14.5. The van der Waals surface area contributed by atoms with Crippen LogP contribution in [0.5, 0.6) is 0 Å². The Balaban J connectivity index is 2.61. The number of benzene rings is 1. The highest BCUT2D eigenvalue weighted by Crippen LogP contribution is 2.29. The number of nitrogens with one attached hydrogen (secondary N) is 2. The van der Waals surface area contributed by atoms with E-state index < -0.39 is 17.8 Å². The van der Waals surface area contributed by atoms with Gasteiger partial charge in [-0.1, -0.05) is 6.92 Å². The van der Waals surface area contributed by atoms with Crippen LogP contribution in [-0.2, 0) is 6.18 Å². The number of anilines is 1. The van der Waals surface area contributed by atoms with E-state index in [1.807, 2.05) is 6.92 Å². The molecule has 19 heavy (non-hydrogen) atoms. The number of amides is 2. The standard InChI is InChI=1S/C12H16F3N3O/c1-2-9(7-16)17-11(19)18-10-5-3-8(4-6-10)12(13,14)15/h3-6,9H,2,7,16H2,1H3,(H2,17,18,19). The largest absolute Gasteiger partial charge is 0.416 e. The number of hydrogen-bond acceptors (Lipinski definition) is 2. The topological polar surface area (TPSA) is 67.1 Å². The molecule has 0 aromatic heterocycles. The van der Waals surface area contributed by atoms with Gasteiger partial charge in [0.05, 0.1) is 5.56 Å². The average molecular weight is 275 g/mol. The summed E-state index contributed by atoms with van der Waals surface area (Å²) >= 11 is 0. The Morgan fingerprint density at radius 3 is 2.32 bits per heavy atom. The van der Waals surface area contributed by atoms with Crippen LogP contribution < -0.4 is 16.4 Å². The van der Waals surface area contributed by atoms with E-state index in [4.69, 9.17) is 5.73 Å². The fourth-order valence-electron chi connectivity index (χ4n) is 1.42. The average Bonchev–Trinajstić information content (AvgIpc) is 2.35. The molecule has 0 bridgehead atoms. The van der Waals surface area contributed by atoms with Gasteiger partial charge in [-0.3, -0.25) is 0 Å². The summed E-state index contributed by atoms with van der Waals surface area (Å²) in [6.07, 6.45) is -3.70. The lowest BCUT2D eigenvalue weighted by Gasteiger charge is -2.15. The minimum absolute atomic E-state index is 0.158. The van der Waals surface area contributed by atoms with E-state index in [1.54, 1.807) is 0 Å². The van der Waals surface area contributed by atoms with Crippen LogP contribution in [0.3, 0.4) is 0 Å². The first-order chi connectivity index (χ1) is 8.86. The van der Waals surface area contributed by atoms with Crippen LogP contribution in [0.25, 0.3) is 0 Å². The molecule has 0 spiro atoms. The maximum atomic E-state index is 12.3. The summed E-state index contributed by atoms with van der Waals surface area (Å²) in [5.41, 5.74) is 4.96. The van der Waals surface area contributed by atoms with Crippen LogP contribution in [0.4, 0.5) is 23.7 Å². The van der Waals surface area contributed by atoms with Crippen molar-refractivity contribution in [2.45, 2.75) is 25.6 Å². The summed E-state index contributed by atoms with van der Waals surface area (Å²) < 4.78 is 37.0. The van der Waals surface area contributed by atoms with Crippen LogP contribution >= 0.6 is 0 Å². The molecule has 1 unspecified atom stereocenters. The van der Waals surface area contributed by atoms with Crippen molar-refractivity contribution in [3.63, 3.8) is 0 Å². The van der Waals surface area contributed by atoms with Crippen molar-refractivity contribution in [2.75, 3.05) is 11.9 Å². The Morgan fingerprint density at radius 1 is 1.32 bits per heavy atom. The summed E-state index contributed by atoms with van der Waals surface area (Å²) in [6, 6.07) is 3.58. The second-order valence-electron chi connectivity index (χ2n) is 4.01. The maximum absolute atomic E-state index is 12.3. The number of carbonyl (C=O) groups is 1. The van der Waals surface area contributed by atoms with Crippen molar-refractivity contribution in [3.8, 4) is 0 Å². The van der Waals surface area contributed by atoms with Gasteiger partial charge in [0, 0.05) is 18.3 Å². The minimum atomic E-state index is -4.38. The first-order valence-corrected chi connectivity index (χ1v) is 5.81. The van der Waals surface area contributed by atoms with Gasteiger partial charge in [-0.05, 0) is 30.7 Å². The molecule has 1 aromatic rings. The Hall–Kier alpha value is -1.76. The zero-order valence-electron chi connectivity index (χ0n) is 10.4. The normalized spacial score (nSPS) is 12.9. The third-order valence-electron chi connectivity index (χ3n) is 2.58. The molecule has 0 saturated heterocycles. The lowest BCUT2D eigenvalue weighted by atomic mass is 10.2. The first-order valence-electron chi connectivity index (χ1n) is 5.81. The van der Waals surface area contributed by atoms with E-state index in [0.717, 1.165) is 12.1 Å². The molecule has 0 aliphatic carbocycles. The van der Waals surface area contributed by atoms with Crippen LogP contribution in [0.1, 0.15) is 18.9 Å². The predicted molar refractivity (Wildman–Crippen MR) is 66.7 cm³/mol. The van der Waals surface area contributed by atoms with E-state index >= 15 is 0 Å². The van der Waals surface area contributed by atoms with Gasteiger partial charge in [0.15, 0.2) is 0 Å². The Labute approximate surface area is 109 Å². The first kappa shape index (κ1) is 15.3. The monoisotopic (exact) mass is 275 g/mol. The molecule has 4 nitrogen and oxygen atoms in total. The predicted octanol–water partition coefficient (Wildman–Crippen LogP) is 2.56. The zero-order valence-corrected chi connectivity index (χ0v) is 10.4. The molecule has 1 aromatic carbocycles. The smallest absolute Gasteiger partial charge is 0.334 e. The van der Waals surface area contributed by atoms with Crippen LogP contribution in [-0.4, -0.2) is 18.6 Å². The Morgan fingerprint density at radius 2 is 1.89 bits per heavy atom. The molecule has 1 atom stereocenters. The Kier molecular flexibility index (Phi) is 5.17. The van der Waals surface area contributed by atoms with E-state index in [9.17, 15) is 18.0 Å². The SMILES string of the molecule is CCC(CN)NC(=O)Nc1ccc(C(F)(F)F)cc1. The molecule has 4 N–H and O–H groups in total. The van der Waals surface area contributed by atoms with Gasteiger partial charge in [0.2, 0.25) is 0 Å². The molecule has 0 aliphatic heterocycles. The summed E-state index contributed by atoms with van der Waals surface area (Å²) in [7, 11) is 0. The molecule has 0 saturated carbocycles. The number of rotatable bonds is 4. The van der Waals surface area contributed by atoms with E-state index in [1.165, 1.54) is 12.1 Å². The van der Waals surface area contributed by atoms with Gasteiger partial charge >= 0.3 is 12.2 Å². The number of carbonyl (C=O) groups excluding carboxylic acids is 1. The van der Waals surface area contributed by atoms with Gasteiger partial charge in [-0.25, -0.2) is 4.79 Å². The lowest BCUT2D eigenvalue weighted by Crippen LogP contribution is -2.41. The molecule has 2 amide bonds. The third kappa shape index (κ3) is 4.78. The highest BCUT2D eigenvalue weighted by Gasteiger charge is 2.29. The van der Waals surface area contributed by atoms with E-state index in [2.05, 4.69) is 10.6 Å². The van der Waals surface area contributed by atoms with Crippen LogP contribution in [0.15, 0.2) is 24.3 Å². The van der Waals surface area contributed by atoms with E-state index in [-0.39, 0.29) is 11.7 Å². The number of hydrogen-bond donors (Lipinski definition) is 3. The molecule has 1 rings (SSSR count). The number of nitrogens with two attached hydrogens (primary N) is 1. The van der Waals surface area contributed by atoms with Gasteiger partial charge in [0.1, 0.15) is 0 Å². The number of urea groups is 1. The van der Waals surface area contributed by atoms with Crippen molar-refractivity contribution in [1.82, 2.24) is 5.32 Å². The number of alkyl halides is 3. The molecule has 0 radical (unpaired) electrons. The molecule has 0 heterocycles. The van der Waals surface area contributed by atoms with Gasteiger partial charge in [0.25, 0.3) is 0 Å². The fraction of sp³-hybridized carbons (Fsp3) is 0.417. The van der Waals surface area contributed by atoms with Crippen molar-refractivity contribution in [2.24, 2.45) is 5.73 Å². The quantitative estimate of drug-likeness (QED) is 0.790. The second-order valence-corrected chi connectivity index (χ2v) is 4.01. The van der Waals surface area contributed by atoms with Crippen LogP contribution in [0.2, 0.25) is 0 Å². The summed E-state index contributed by atoms with van der Waals surface area (Å²) in [4.78, 5) is 11.5. The highest BCUT2D eigenvalue weighted by atomic mass is 19.4. The molecule has 0 fully saturated rings. The Bertz CT molecular complexity index is 413. The number of halogens is 3. The minimum Gasteiger partial charge on any atom is -0.334 e. The van der Waals surface area contributed by atoms with Crippen molar-refractivity contribution in [3.05, 3.63) is 29.8 Å². The molecule has 7 heteroatoms. The summed E-state index contributed by atoms with van der Waals surface area (Å²) in [5.74, 6) is 0. The fourth-order valence-corrected chi connectivity index (χ4v) is 1.42. The molecule has 0 aliphatic rings. The van der Waals surface area contributed by atoms with Gasteiger partial charge in [-0.2, -0.15) is 13.2 Å². The van der Waals surface area contributed by atoms with Gasteiger partial charge in [-0.15, -0.1) is 0 Å². The molecule has 106 valence electrons. The van der Waals surface area contributed by atoms with Crippen LogP contribution in [0, 0.1) is 0 Å².